The molecule has 3 aromatic rings. The van der Waals surface area contributed by atoms with Crippen LogP contribution in [0.4, 0.5) is 13.2 Å². The Hall–Kier alpha value is -2.41. The molecule has 112 valence electrons. The summed E-state index contributed by atoms with van der Waals surface area (Å²) in [6.45, 7) is 0. The van der Waals surface area contributed by atoms with Gasteiger partial charge in [-0.05, 0) is 23.7 Å². The van der Waals surface area contributed by atoms with Crippen LogP contribution in [0.3, 0.4) is 0 Å². The molecule has 0 amide bonds. The van der Waals surface area contributed by atoms with Crippen LogP contribution in [0.1, 0.15) is 15.9 Å². The summed E-state index contributed by atoms with van der Waals surface area (Å²) in [4.78, 5) is 15.4. The van der Waals surface area contributed by atoms with Gasteiger partial charge in [0.05, 0.1) is 23.0 Å². The van der Waals surface area contributed by atoms with Gasteiger partial charge in [-0.3, -0.25) is 4.79 Å². The fourth-order valence-corrected chi connectivity index (χ4v) is 2.24. The van der Waals surface area contributed by atoms with Gasteiger partial charge in [-0.15, -0.1) is 0 Å². The monoisotopic (exact) mass is 325 g/mol. The van der Waals surface area contributed by atoms with E-state index >= 15 is 0 Å². The molecule has 2 aromatic heterocycles. The van der Waals surface area contributed by atoms with Crippen molar-refractivity contribution in [3.05, 3.63) is 53.9 Å². The molecule has 0 aliphatic carbocycles. The van der Waals surface area contributed by atoms with Gasteiger partial charge in [-0.1, -0.05) is 18.2 Å². The van der Waals surface area contributed by atoms with E-state index in [1.54, 1.807) is 0 Å². The van der Waals surface area contributed by atoms with Crippen LogP contribution < -0.4 is 0 Å². The summed E-state index contributed by atoms with van der Waals surface area (Å²) in [7, 11) is 0. The quantitative estimate of drug-likeness (QED) is 0.673. The Morgan fingerprint density at radius 3 is 2.59 bits per heavy atom. The van der Waals surface area contributed by atoms with Crippen LogP contribution in [0.25, 0.3) is 16.9 Å². The topological polar surface area (TPSA) is 47.3 Å². The van der Waals surface area contributed by atoms with Crippen molar-refractivity contribution in [2.24, 2.45) is 0 Å². The van der Waals surface area contributed by atoms with Crippen molar-refractivity contribution < 1.29 is 18.0 Å². The van der Waals surface area contributed by atoms with Gasteiger partial charge < -0.3 is 0 Å². The predicted molar refractivity (Wildman–Crippen MR) is 73.6 cm³/mol. The summed E-state index contributed by atoms with van der Waals surface area (Å²) < 4.78 is 40.5. The Labute approximate surface area is 127 Å². The zero-order valence-corrected chi connectivity index (χ0v) is 11.6. The third kappa shape index (κ3) is 2.43. The van der Waals surface area contributed by atoms with Gasteiger partial charge in [0.1, 0.15) is 0 Å². The number of benzene rings is 1. The number of nitrogens with zero attached hydrogens (tertiary/aromatic N) is 3. The highest BCUT2D eigenvalue weighted by atomic mass is 35.5. The highest BCUT2D eigenvalue weighted by molar-refractivity contribution is 6.68. The standard InChI is InChI=1S/C14H7ClF3N3O/c15-12(22)9-7-19-21-6-5-11(20-13(9)21)8-3-1-2-4-10(8)14(16,17)18/h1-7H. The fraction of sp³-hybridized carbons (Fsp3) is 0.0714. The first kappa shape index (κ1) is 14.5. The normalized spacial score (nSPS) is 11.8. The zero-order valence-electron chi connectivity index (χ0n) is 10.8. The minimum atomic E-state index is -4.50. The lowest BCUT2D eigenvalue weighted by molar-refractivity contribution is -0.137. The van der Waals surface area contributed by atoms with Crippen molar-refractivity contribution in [1.82, 2.24) is 14.6 Å². The molecule has 22 heavy (non-hydrogen) atoms. The molecule has 0 saturated carbocycles. The Bertz CT molecular complexity index is 873. The molecular weight excluding hydrogens is 319 g/mol. The zero-order chi connectivity index (χ0) is 15.9. The smallest absolute Gasteiger partial charge is 0.275 e. The second-order valence-corrected chi connectivity index (χ2v) is 4.80. The van der Waals surface area contributed by atoms with Crippen LogP contribution in [-0.4, -0.2) is 19.8 Å². The molecule has 2 heterocycles. The van der Waals surface area contributed by atoms with Gasteiger partial charge in [0.2, 0.25) is 0 Å². The van der Waals surface area contributed by atoms with Gasteiger partial charge in [0.25, 0.3) is 5.24 Å². The number of hydrogen-bond donors (Lipinski definition) is 0. The van der Waals surface area contributed by atoms with Crippen molar-refractivity contribution in [2.75, 3.05) is 0 Å². The van der Waals surface area contributed by atoms with E-state index in [1.807, 2.05) is 0 Å². The number of hydrogen-bond acceptors (Lipinski definition) is 3. The lowest BCUT2D eigenvalue weighted by atomic mass is 10.0. The molecule has 0 N–H and O–H groups in total. The van der Waals surface area contributed by atoms with Gasteiger partial charge in [0, 0.05) is 11.8 Å². The number of halogens is 4. The first-order valence-electron chi connectivity index (χ1n) is 6.09. The summed E-state index contributed by atoms with van der Waals surface area (Å²) in [6.07, 6.45) is -1.86. The van der Waals surface area contributed by atoms with Crippen molar-refractivity contribution in [1.29, 1.82) is 0 Å². The maximum Gasteiger partial charge on any atom is 0.417 e. The molecule has 1 aromatic carbocycles. The number of alkyl halides is 3. The van der Waals surface area contributed by atoms with Crippen LogP contribution in [0.15, 0.2) is 42.7 Å². The minimum absolute atomic E-state index is 0.0352. The number of fused-ring (bicyclic) bond motifs is 1. The Balaban J connectivity index is 2.23. The summed E-state index contributed by atoms with van der Waals surface area (Å²) in [5.41, 5.74) is -0.653. The summed E-state index contributed by atoms with van der Waals surface area (Å²) >= 11 is 5.41. The third-order valence-corrected chi connectivity index (χ3v) is 3.29. The number of aromatic nitrogens is 3. The summed E-state index contributed by atoms with van der Waals surface area (Å²) in [6, 6.07) is 6.48. The first-order chi connectivity index (χ1) is 10.4. The van der Waals surface area contributed by atoms with E-state index in [0.29, 0.717) is 0 Å². The second-order valence-electron chi connectivity index (χ2n) is 4.46. The second kappa shape index (κ2) is 5.10. The van der Waals surface area contributed by atoms with E-state index in [1.165, 1.54) is 41.2 Å². The molecule has 0 bridgehead atoms. The molecule has 0 spiro atoms. The van der Waals surface area contributed by atoms with Crippen LogP contribution in [0.2, 0.25) is 0 Å². The number of rotatable bonds is 2. The third-order valence-electron chi connectivity index (χ3n) is 3.09. The average Bonchev–Trinajstić information content (AvgIpc) is 2.89. The van der Waals surface area contributed by atoms with Crippen molar-refractivity contribution >= 4 is 22.5 Å². The van der Waals surface area contributed by atoms with E-state index in [0.717, 1.165) is 6.07 Å². The predicted octanol–water partition coefficient (Wildman–Crippen LogP) is 3.79. The molecule has 3 rings (SSSR count). The molecule has 0 atom stereocenters. The molecule has 0 aliphatic rings. The molecular formula is C14H7ClF3N3O. The Morgan fingerprint density at radius 1 is 1.18 bits per heavy atom. The van der Waals surface area contributed by atoms with Crippen molar-refractivity contribution in [3.8, 4) is 11.3 Å². The van der Waals surface area contributed by atoms with E-state index in [2.05, 4.69) is 10.1 Å². The molecule has 0 unspecified atom stereocenters. The molecule has 0 radical (unpaired) electrons. The molecule has 0 fully saturated rings. The SMILES string of the molecule is O=C(Cl)c1cnn2ccc(-c3ccccc3C(F)(F)F)nc12. The maximum absolute atomic E-state index is 13.1. The van der Waals surface area contributed by atoms with Gasteiger partial charge in [-0.25, -0.2) is 9.50 Å². The van der Waals surface area contributed by atoms with E-state index < -0.39 is 17.0 Å². The molecule has 0 saturated heterocycles. The van der Waals surface area contributed by atoms with E-state index in [9.17, 15) is 18.0 Å². The van der Waals surface area contributed by atoms with E-state index in [4.69, 9.17) is 11.6 Å². The largest absolute Gasteiger partial charge is 0.417 e. The summed E-state index contributed by atoms with van der Waals surface area (Å²) in [5.74, 6) is 0. The molecule has 0 aliphatic heterocycles. The van der Waals surface area contributed by atoms with Gasteiger partial charge in [0.15, 0.2) is 5.65 Å². The average molecular weight is 326 g/mol. The molecule has 8 heteroatoms. The lowest BCUT2D eigenvalue weighted by Gasteiger charge is -2.12. The highest BCUT2D eigenvalue weighted by Gasteiger charge is 2.33. The summed E-state index contributed by atoms with van der Waals surface area (Å²) in [5, 5.41) is 3.10. The highest BCUT2D eigenvalue weighted by Crippen LogP contribution is 2.36. The van der Waals surface area contributed by atoms with Gasteiger partial charge in [-0.2, -0.15) is 18.3 Å². The van der Waals surface area contributed by atoms with Crippen molar-refractivity contribution in [3.63, 3.8) is 0 Å². The number of carbonyl (C=O) groups is 1. The molecule has 4 nitrogen and oxygen atoms in total. The first-order valence-corrected chi connectivity index (χ1v) is 6.46. The van der Waals surface area contributed by atoms with E-state index in [-0.39, 0.29) is 22.5 Å². The Morgan fingerprint density at radius 2 is 1.91 bits per heavy atom. The van der Waals surface area contributed by atoms with Gasteiger partial charge >= 0.3 is 6.18 Å². The maximum atomic E-state index is 13.1. The van der Waals surface area contributed by atoms with Crippen LogP contribution >= 0.6 is 11.6 Å². The van der Waals surface area contributed by atoms with Crippen LogP contribution in [0, 0.1) is 0 Å². The number of carbonyl (C=O) groups excluding carboxylic acids is 1. The van der Waals surface area contributed by atoms with Crippen LogP contribution in [0.5, 0.6) is 0 Å². The van der Waals surface area contributed by atoms with Crippen LogP contribution in [-0.2, 0) is 6.18 Å². The fourth-order valence-electron chi connectivity index (χ4n) is 2.11. The lowest BCUT2D eigenvalue weighted by Crippen LogP contribution is -2.07. The minimum Gasteiger partial charge on any atom is -0.275 e. The van der Waals surface area contributed by atoms with Crippen molar-refractivity contribution in [2.45, 2.75) is 6.18 Å². The Kier molecular flexibility index (Phi) is 3.37.